The van der Waals surface area contributed by atoms with Crippen LogP contribution in [-0.2, 0) is 12.6 Å². The molecule has 0 aliphatic carbocycles. The van der Waals surface area contributed by atoms with Crippen molar-refractivity contribution in [1.82, 2.24) is 0 Å². The topological polar surface area (TPSA) is 52.6 Å². The fraction of sp³-hybridized carbons (Fsp3) is 0.500. The first-order valence-electron chi connectivity index (χ1n) is 11.6. The molecule has 0 aliphatic rings. The normalized spacial score (nSPS) is 13.8. The van der Waals surface area contributed by atoms with Crippen molar-refractivity contribution in [2.45, 2.75) is 68.7 Å². The molecule has 0 spiro atoms. The average molecular weight is 708 g/mol. The van der Waals surface area contributed by atoms with Crippen molar-refractivity contribution in [3.8, 4) is 5.75 Å². The fourth-order valence-corrected chi connectivity index (χ4v) is 10.1. The van der Waals surface area contributed by atoms with E-state index in [1.807, 2.05) is 0 Å². The Balaban J connectivity index is 2.29. The molecule has 0 atom stereocenters. The zero-order valence-electron chi connectivity index (χ0n) is 20.5. The average Bonchev–Trinajstić information content (AvgIpc) is 2.86. The fourth-order valence-electron chi connectivity index (χ4n) is 3.09. The zero-order chi connectivity index (χ0) is 29.5. The van der Waals surface area contributed by atoms with E-state index in [0.29, 0.717) is 12.4 Å². The molecule has 0 saturated carbocycles. The summed E-state index contributed by atoms with van der Waals surface area (Å²) in [4.78, 5) is 0. The summed E-state index contributed by atoms with van der Waals surface area (Å²) >= 11 is -4.13. The molecule has 0 unspecified atom stereocenters. The number of halogens is 10. The molecule has 0 amide bonds. The molecule has 0 aliphatic heterocycles. The van der Waals surface area contributed by atoms with Crippen LogP contribution in [0.1, 0.15) is 45.4 Å². The van der Waals surface area contributed by atoms with E-state index in [1.54, 1.807) is 0 Å². The van der Waals surface area contributed by atoms with Gasteiger partial charge in [0.1, 0.15) is 0 Å². The van der Waals surface area contributed by atoms with Crippen LogP contribution in [0.5, 0.6) is 5.75 Å². The van der Waals surface area contributed by atoms with Crippen molar-refractivity contribution >= 4 is 30.4 Å². The Bertz CT molecular complexity index is 1140. The van der Waals surface area contributed by atoms with Crippen molar-refractivity contribution < 1.29 is 55.2 Å². The van der Waals surface area contributed by atoms with Crippen molar-refractivity contribution in [2.24, 2.45) is 0 Å². The summed E-state index contributed by atoms with van der Waals surface area (Å²) in [6, 6.07) is 11.7. The van der Waals surface area contributed by atoms with Crippen LogP contribution in [0, 0.1) is 7.14 Å². The minimum absolute atomic E-state index is 0.0345. The second-order valence-electron chi connectivity index (χ2n) is 8.29. The van der Waals surface area contributed by atoms with E-state index in [-0.39, 0.29) is 7.14 Å². The van der Waals surface area contributed by atoms with Crippen molar-refractivity contribution in [2.75, 3.05) is 6.61 Å². The minimum atomic E-state index is -7.37. The first kappa shape index (κ1) is 33.5. The van der Waals surface area contributed by atoms with Crippen LogP contribution in [0.25, 0.3) is 0 Å². The maximum atomic E-state index is 14.3. The number of alkyl halides is 9. The summed E-state index contributed by atoms with van der Waals surface area (Å²) in [6.45, 7) is 2.44. The van der Waals surface area contributed by atoms with Gasteiger partial charge in [0.25, 0.3) is 0 Å². The standard InChI is InChI=1S/C24H26F9IO4S/c1-2-3-4-5-6-10-17-37-20-15-13-19(14-16-20)34(18-11-8-7-9-12-18)38-39(35,36)24(32,33)22(27,28)21(25,26)23(29,30)31/h7-9,11-16H,2-6,10,17H2,1H3. The van der Waals surface area contributed by atoms with E-state index in [9.17, 15) is 47.9 Å². The van der Waals surface area contributed by atoms with Crippen LogP contribution < -0.4 is 4.74 Å². The third kappa shape index (κ3) is 7.71. The summed E-state index contributed by atoms with van der Waals surface area (Å²) in [5, 5.41) is -6.93. The Morgan fingerprint density at radius 1 is 0.692 bits per heavy atom. The van der Waals surface area contributed by atoms with Crippen LogP contribution in [-0.4, -0.2) is 38.3 Å². The predicted molar refractivity (Wildman–Crippen MR) is 134 cm³/mol. The number of ether oxygens (including phenoxy) is 1. The van der Waals surface area contributed by atoms with Crippen LogP contribution in [0.3, 0.4) is 0 Å². The van der Waals surface area contributed by atoms with Gasteiger partial charge in [-0.2, -0.15) is 0 Å². The molecule has 0 saturated heterocycles. The third-order valence-corrected chi connectivity index (χ3v) is 12.7. The number of hydrogen-bond donors (Lipinski definition) is 0. The molecule has 4 nitrogen and oxygen atoms in total. The van der Waals surface area contributed by atoms with E-state index in [2.05, 4.69) is 9.44 Å². The van der Waals surface area contributed by atoms with Crippen molar-refractivity contribution in [1.29, 1.82) is 0 Å². The molecule has 0 radical (unpaired) electrons. The molecular weight excluding hydrogens is 682 g/mol. The SMILES string of the molecule is CCCCCCCCOc1ccc(I(OS(=O)(=O)C(F)(F)C(F)(F)C(F)(F)C(F)(F)F)c2ccccc2)cc1. The van der Waals surface area contributed by atoms with Gasteiger partial charge < -0.3 is 0 Å². The Morgan fingerprint density at radius 3 is 1.74 bits per heavy atom. The second-order valence-corrected chi connectivity index (χ2v) is 14.8. The molecule has 2 aromatic rings. The van der Waals surface area contributed by atoms with E-state index in [1.165, 1.54) is 54.6 Å². The van der Waals surface area contributed by atoms with E-state index < -0.39 is 53.6 Å². The van der Waals surface area contributed by atoms with Gasteiger partial charge >= 0.3 is 221 Å². The van der Waals surface area contributed by atoms with Gasteiger partial charge in [-0.25, -0.2) is 0 Å². The molecular formula is C24H26F9IO4S. The van der Waals surface area contributed by atoms with Crippen LogP contribution in [0.2, 0.25) is 0 Å². The predicted octanol–water partition coefficient (Wildman–Crippen LogP) is 8.66. The molecule has 2 rings (SSSR count). The molecule has 0 aromatic heterocycles. The van der Waals surface area contributed by atoms with Gasteiger partial charge in [-0.1, -0.05) is 6.92 Å². The van der Waals surface area contributed by atoms with Gasteiger partial charge in [0.15, 0.2) is 0 Å². The second kappa shape index (κ2) is 13.3. The van der Waals surface area contributed by atoms with Crippen molar-refractivity contribution in [3.05, 3.63) is 61.7 Å². The molecule has 0 bridgehead atoms. The van der Waals surface area contributed by atoms with Crippen LogP contribution in [0.15, 0.2) is 54.6 Å². The molecule has 0 heterocycles. The Morgan fingerprint density at radius 2 is 1.21 bits per heavy atom. The van der Waals surface area contributed by atoms with E-state index in [4.69, 9.17) is 4.74 Å². The molecule has 0 N–H and O–H groups in total. The zero-order valence-corrected chi connectivity index (χ0v) is 23.4. The molecule has 2 aromatic carbocycles. The van der Waals surface area contributed by atoms with Crippen LogP contribution in [0.4, 0.5) is 39.5 Å². The third-order valence-electron chi connectivity index (χ3n) is 5.29. The molecule has 15 heteroatoms. The maximum absolute atomic E-state index is 14.3. The molecule has 0 fully saturated rings. The summed E-state index contributed by atoms with van der Waals surface area (Å²) in [5.41, 5.74) is 0. The van der Waals surface area contributed by atoms with Gasteiger partial charge in [-0.05, 0) is 0 Å². The van der Waals surface area contributed by atoms with Gasteiger partial charge in [0.2, 0.25) is 0 Å². The monoisotopic (exact) mass is 708 g/mol. The van der Waals surface area contributed by atoms with Crippen LogP contribution >= 0.6 is 20.2 Å². The quantitative estimate of drug-likeness (QED) is 0.106. The molecule has 39 heavy (non-hydrogen) atoms. The number of unbranched alkanes of at least 4 members (excludes halogenated alkanes) is 5. The first-order chi connectivity index (χ1) is 18.0. The number of rotatable bonds is 15. The summed E-state index contributed by atoms with van der Waals surface area (Å²) in [5.74, 6) is -14.4. The summed E-state index contributed by atoms with van der Waals surface area (Å²) in [7, 11) is -7.02. The van der Waals surface area contributed by atoms with Crippen molar-refractivity contribution in [3.63, 3.8) is 0 Å². The van der Waals surface area contributed by atoms with Gasteiger partial charge in [-0.15, -0.1) is 0 Å². The van der Waals surface area contributed by atoms with Gasteiger partial charge in [0.05, 0.1) is 0 Å². The Kier molecular flexibility index (Phi) is 11.4. The van der Waals surface area contributed by atoms with E-state index >= 15 is 0 Å². The Hall–Kier alpha value is -1.75. The molecule has 222 valence electrons. The summed E-state index contributed by atoms with van der Waals surface area (Å²) in [6.07, 6.45) is -1.13. The summed E-state index contributed by atoms with van der Waals surface area (Å²) < 4.78 is 155. The van der Waals surface area contributed by atoms with Gasteiger partial charge in [0, 0.05) is 0 Å². The first-order valence-corrected chi connectivity index (χ1v) is 16.1. The van der Waals surface area contributed by atoms with Gasteiger partial charge in [-0.3, -0.25) is 0 Å². The van der Waals surface area contributed by atoms with E-state index in [0.717, 1.165) is 38.5 Å². The Labute approximate surface area is 227 Å². The number of benzene rings is 2. The number of hydrogen-bond acceptors (Lipinski definition) is 4.